The molecule has 140 valence electrons. The Kier molecular flexibility index (Phi) is 5.81. The van der Waals surface area contributed by atoms with Gasteiger partial charge in [0.1, 0.15) is 23.9 Å². The van der Waals surface area contributed by atoms with Crippen LogP contribution in [0.15, 0.2) is 65.1 Å². The van der Waals surface area contributed by atoms with Gasteiger partial charge in [-0.25, -0.2) is 0 Å². The van der Waals surface area contributed by atoms with E-state index in [4.69, 9.17) is 9.15 Å². The number of phenols is 1. The van der Waals surface area contributed by atoms with Crippen molar-refractivity contribution in [2.75, 3.05) is 5.32 Å². The van der Waals surface area contributed by atoms with Gasteiger partial charge in [0.25, 0.3) is 5.91 Å². The number of aromatic hydroxyl groups is 1. The lowest BCUT2D eigenvalue weighted by Gasteiger charge is -2.10. The number of benzene rings is 2. The van der Waals surface area contributed by atoms with Gasteiger partial charge in [0, 0.05) is 11.8 Å². The average Bonchev–Trinajstić information content (AvgIpc) is 3.15. The second-order valence-electron chi connectivity index (χ2n) is 6.44. The number of nitrogens with one attached hydrogen (secondary N) is 1. The molecule has 1 heterocycles. The van der Waals surface area contributed by atoms with E-state index in [2.05, 4.69) is 31.3 Å². The Labute approximate surface area is 158 Å². The van der Waals surface area contributed by atoms with E-state index in [-0.39, 0.29) is 24.0 Å². The Morgan fingerprint density at radius 3 is 2.63 bits per heavy atom. The number of furan rings is 1. The summed E-state index contributed by atoms with van der Waals surface area (Å²) in [6.45, 7) is 4.60. The van der Waals surface area contributed by atoms with Gasteiger partial charge in [0.2, 0.25) is 0 Å². The van der Waals surface area contributed by atoms with Crippen LogP contribution in [0.3, 0.4) is 0 Å². The molecule has 2 N–H and O–H groups in total. The number of amides is 1. The molecule has 5 nitrogen and oxygen atoms in total. The summed E-state index contributed by atoms with van der Waals surface area (Å²) >= 11 is 0. The summed E-state index contributed by atoms with van der Waals surface area (Å²) in [7, 11) is 0. The molecule has 2 aromatic carbocycles. The Hall–Kier alpha value is -3.21. The molecule has 3 aromatic rings. The second kappa shape index (κ2) is 8.45. The fraction of sp³-hybridized carbons (Fsp3) is 0.227. The van der Waals surface area contributed by atoms with Gasteiger partial charge in [-0.1, -0.05) is 32.0 Å². The maximum Gasteiger partial charge on any atom is 0.291 e. The first-order valence-electron chi connectivity index (χ1n) is 8.97. The maximum atomic E-state index is 12.2. The van der Waals surface area contributed by atoms with Crippen LogP contribution in [0.25, 0.3) is 0 Å². The monoisotopic (exact) mass is 365 g/mol. The summed E-state index contributed by atoms with van der Waals surface area (Å²) < 4.78 is 11.3. The van der Waals surface area contributed by atoms with Crippen LogP contribution >= 0.6 is 0 Å². The molecule has 1 aromatic heterocycles. The van der Waals surface area contributed by atoms with Crippen molar-refractivity contribution in [3.63, 3.8) is 0 Å². The van der Waals surface area contributed by atoms with E-state index in [9.17, 15) is 9.90 Å². The SMILES string of the molecule is CCC(C)c1ccc(OCc2ccc(C(=O)Nc3cccc(O)c3)o2)cc1. The lowest BCUT2D eigenvalue weighted by Crippen LogP contribution is -2.10. The van der Waals surface area contributed by atoms with Crippen molar-refractivity contribution in [1.82, 2.24) is 0 Å². The van der Waals surface area contributed by atoms with Crippen LogP contribution in [0.1, 0.15) is 48.1 Å². The summed E-state index contributed by atoms with van der Waals surface area (Å²) in [5.74, 6) is 1.72. The summed E-state index contributed by atoms with van der Waals surface area (Å²) in [5.41, 5.74) is 1.78. The summed E-state index contributed by atoms with van der Waals surface area (Å²) in [4.78, 5) is 12.2. The number of ether oxygens (including phenoxy) is 1. The van der Waals surface area contributed by atoms with Crippen LogP contribution in [-0.2, 0) is 6.61 Å². The van der Waals surface area contributed by atoms with Gasteiger partial charge in [-0.15, -0.1) is 0 Å². The highest BCUT2D eigenvalue weighted by molar-refractivity contribution is 6.02. The van der Waals surface area contributed by atoms with Gasteiger partial charge >= 0.3 is 0 Å². The van der Waals surface area contributed by atoms with E-state index >= 15 is 0 Å². The fourth-order valence-corrected chi connectivity index (χ4v) is 2.64. The number of carbonyl (C=O) groups excluding carboxylic acids is 1. The molecule has 0 saturated carbocycles. The number of hydrogen-bond donors (Lipinski definition) is 2. The maximum absolute atomic E-state index is 12.2. The van der Waals surface area contributed by atoms with Crippen molar-refractivity contribution in [1.29, 1.82) is 0 Å². The Bertz CT molecular complexity index is 899. The molecule has 0 saturated heterocycles. The molecule has 0 aliphatic carbocycles. The molecule has 1 unspecified atom stereocenters. The fourth-order valence-electron chi connectivity index (χ4n) is 2.64. The van der Waals surface area contributed by atoms with Crippen molar-refractivity contribution >= 4 is 11.6 Å². The third-order valence-corrected chi connectivity index (χ3v) is 4.43. The van der Waals surface area contributed by atoms with Gasteiger partial charge in [-0.05, 0) is 54.3 Å². The molecule has 0 aliphatic heterocycles. The van der Waals surface area contributed by atoms with Crippen molar-refractivity contribution in [2.24, 2.45) is 0 Å². The molecule has 5 heteroatoms. The normalized spacial score (nSPS) is 11.8. The van der Waals surface area contributed by atoms with Gasteiger partial charge in [-0.2, -0.15) is 0 Å². The largest absolute Gasteiger partial charge is 0.508 e. The van der Waals surface area contributed by atoms with Crippen LogP contribution in [0.5, 0.6) is 11.5 Å². The highest BCUT2D eigenvalue weighted by Gasteiger charge is 2.12. The highest BCUT2D eigenvalue weighted by Crippen LogP contribution is 2.22. The number of carbonyl (C=O) groups is 1. The van der Waals surface area contributed by atoms with E-state index < -0.39 is 0 Å². The third-order valence-electron chi connectivity index (χ3n) is 4.43. The highest BCUT2D eigenvalue weighted by atomic mass is 16.5. The smallest absolute Gasteiger partial charge is 0.291 e. The molecular formula is C22H23NO4. The molecule has 0 aliphatic rings. The minimum atomic E-state index is -0.384. The minimum absolute atomic E-state index is 0.0840. The van der Waals surface area contributed by atoms with Gasteiger partial charge in [0.05, 0.1) is 0 Å². The van der Waals surface area contributed by atoms with E-state index in [1.165, 1.54) is 17.7 Å². The third kappa shape index (κ3) is 4.91. The molecule has 0 radical (unpaired) electrons. The predicted molar refractivity (Wildman–Crippen MR) is 104 cm³/mol. The van der Waals surface area contributed by atoms with E-state index in [1.54, 1.807) is 24.3 Å². The topological polar surface area (TPSA) is 71.7 Å². The molecular weight excluding hydrogens is 342 g/mol. The lowest BCUT2D eigenvalue weighted by atomic mass is 9.99. The van der Waals surface area contributed by atoms with E-state index in [0.29, 0.717) is 17.4 Å². The first kappa shape index (κ1) is 18.6. The van der Waals surface area contributed by atoms with Crippen LogP contribution in [0.2, 0.25) is 0 Å². The zero-order valence-electron chi connectivity index (χ0n) is 15.4. The number of rotatable bonds is 7. The van der Waals surface area contributed by atoms with Gasteiger partial charge < -0.3 is 19.6 Å². The summed E-state index contributed by atoms with van der Waals surface area (Å²) in [5, 5.41) is 12.1. The minimum Gasteiger partial charge on any atom is -0.508 e. The van der Waals surface area contributed by atoms with Crippen molar-refractivity contribution in [3.05, 3.63) is 77.7 Å². The molecule has 0 fully saturated rings. The van der Waals surface area contributed by atoms with Crippen LogP contribution in [0, 0.1) is 0 Å². The van der Waals surface area contributed by atoms with Crippen molar-refractivity contribution < 1.29 is 19.1 Å². The van der Waals surface area contributed by atoms with E-state index in [1.807, 2.05) is 12.1 Å². The molecule has 27 heavy (non-hydrogen) atoms. The molecule has 0 spiro atoms. The summed E-state index contributed by atoms with van der Waals surface area (Å²) in [6, 6.07) is 17.7. The van der Waals surface area contributed by atoms with E-state index in [0.717, 1.165) is 12.2 Å². The predicted octanol–water partition coefficient (Wildman–Crippen LogP) is 5.33. The molecule has 0 bridgehead atoms. The Morgan fingerprint density at radius 2 is 1.93 bits per heavy atom. The zero-order chi connectivity index (χ0) is 19.2. The lowest BCUT2D eigenvalue weighted by molar-refractivity contribution is 0.0992. The molecule has 1 amide bonds. The van der Waals surface area contributed by atoms with Gasteiger partial charge in [-0.3, -0.25) is 4.79 Å². The van der Waals surface area contributed by atoms with Crippen LogP contribution in [-0.4, -0.2) is 11.0 Å². The van der Waals surface area contributed by atoms with Crippen molar-refractivity contribution in [2.45, 2.75) is 32.8 Å². The number of anilines is 1. The Morgan fingerprint density at radius 1 is 1.15 bits per heavy atom. The molecule has 1 atom stereocenters. The summed E-state index contributed by atoms with van der Waals surface area (Å²) in [6.07, 6.45) is 1.10. The van der Waals surface area contributed by atoms with Crippen molar-refractivity contribution in [3.8, 4) is 11.5 Å². The van der Waals surface area contributed by atoms with Crippen LogP contribution in [0.4, 0.5) is 5.69 Å². The quantitative estimate of drug-likeness (QED) is 0.593. The van der Waals surface area contributed by atoms with Crippen LogP contribution < -0.4 is 10.1 Å². The number of hydrogen-bond acceptors (Lipinski definition) is 4. The van der Waals surface area contributed by atoms with Gasteiger partial charge in [0.15, 0.2) is 5.76 Å². The first-order chi connectivity index (χ1) is 13.0. The molecule has 3 rings (SSSR count). The number of phenolic OH excluding ortho intramolecular Hbond substituents is 1. The first-order valence-corrected chi connectivity index (χ1v) is 8.97. The average molecular weight is 365 g/mol. The second-order valence-corrected chi connectivity index (χ2v) is 6.44. The Balaban J connectivity index is 1.57. The zero-order valence-corrected chi connectivity index (χ0v) is 15.4. The standard InChI is InChI=1S/C22H23NO4/c1-3-15(2)16-7-9-19(10-8-16)26-14-20-11-12-21(27-20)22(25)23-17-5-4-6-18(24)13-17/h4-13,15,24H,3,14H2,1-2H3,(H,23,25).